The van der Waals surface area contributed by atoms with Crippen molar-refractivity contribution in [3.05, 3.63) is 65.5 Å². The molecule has 2 aromatic carbocycles. The molecule has 0 N–H and O–H groups in total. The standard InChI is InChI=1S/C20H17F3N2O2/c21-20(22,23)15-7-5-14(6-8-15)19(26)25-11-9-13(10-12-25)18-24-16-3-1-2-4-17(16)27-18/h1-8,13H,9-12H2. The van der Waals surface area contributed by atoms with Gasteiger partial charge in [-0.25, -0.2) is 4.98 Å². The Balaban J connectivity index is 1.42. The number of hydrogen-bond donors (Lipinski definition) is 0. The molecular formula is C20H17F3N2O2. The first kappa shape index (κ1) is 17.6. The maximum atomic E-state index is 12.6. The van der Waals surface area contributed by atoms with Gasteiger partial charge in [0.25, 0.3) is 5.91 Å². The minimum absolute atomic E-state index is 0.133. The van der Waals surface area contributed by atoms with Gasteiger partial charge in [0.2, 0.25) is 0 Å². The van der Waals surface area contributed by atoms with E-state index >= 15 is 0 Å². The van der Waals surface area contributed by atoms with E-state index in [1.807, 2.05) is 24.3 Å². The van der Waals surface area contributed by atoms with Crippen LogP contribution in [0.25, 0.3) is 11.1 Å². The van der Waals surface area contributed by atoms with Crippen LogP contribution in [-0.2, 0) is 6.18 Å². The fourth-order valence-electron chi connectivity index (χ4n) is 3.38. The zero-order chi connectivity index (χ0) is 19.0. The van der Waals surface area contributed by atoms with Gasteiger partial charge in [0.1, 0.15) is 5.52 Å². The highest BCUT2D eigenvalue weighted by Crippen LogP contribution is 2.31. The van der Waals surface area contributed by atoms with Crippen molar-refractivity contribution in [3.8, 4) is 0 Å². The Hall–Kier alpha value is -2.83. The molecule has 0 spiro atoms. The number of nitrogens with zero attached hydrogens (tertiary/aromatic N) is 2. The fourth-order valence-corrected chi connectivity index (χ4v) is 3.38. The monoisotopic (exact) mass is 374 g/mol. The number of carbonyl (C=O) groups is 1. The normalized spacial score (nSPS) is 16.0. The Morgan fingerprint density at radius 2 is 1.70 bits per heavy atom. The van der Waals surface area contributed by atoms with Crippen LogP contribution in [-0.4, -0.2) is 28.9 Å². The highest BCUT2D eigenvalue weighted by molar-refractivity contribution is 5.94. The summed E-state index contributed by atoms with van der Waals surface area (Å²) in [6, 6.07) is 11.9. The number of benzene rings is 2. The van der Waals surface area contributed by atoms with Gasteiger partial charge in [0.15, 0.2) is 11.5 Å². The molecule has 2 heterocycles. The van der Waals surface area contributed by atoms with Crippen LogP contribution < -0.4 is 0 Å². The number of fused-ring (bicyclic) bond motifs is 1. The van der Waals surface area contributed by atoms with E-state index in [0.717, 1.165) is 23.2 Å². The van der Waals surface area contributed by atoms with Crippen molar-refractivity contribution in [2.75, 3.05) is 13.1 Å². The number of likely N-dealkylation sites (tertiary alicyclic amines) is 1. The van der Waals surface area contributed by atoms with E-state index in [1.54, 1.807) is 4.90 Å². The molecule has 0 saturated carbocycles. The van der Waals surface area contributed by atoms with Gasteiger partial charge in [-0.3, -0.25) is 4.79 Å². The van der Waals surface area contributed by atoms with Gasteiger partial charge in [-0.15, -0.1) is 0 Å². The summed E-state index contributed by atoms with van der Waals surface area (Å²) in [5.41, 5.74) is 1.07. The molecule has 140 valence electrons. The average Bonchev–Trinajstić information content (AvgIpc) is 3.11. The number of hydrogen-bond acceptors (Lipinski definition) is 3. The summed E-state index contributed by atoms with van der Waals surface area (Å²) in [5, 5.41) is 0. The smallest absolute Gasteiger partial charge is 0.416 e. The van der Waals surface area contributed by atoms with E-state index in [2.05, 4.69) is 4.98 Å². The van der Waals surface area contributed by atoms with Crippen LogP contribution in [0.3, 0.4) is 0 Å². The lowest BCUT2D eigenvalue weighted by atomic mass is 9.96. The zero-order valence-corrected chi connectivity index (χ0v) is 14.4. The highest BCUT2D eigenvalue weighted by atomic mass is 19.4. The molecule has 1 aliphatic rings. The molecule has 0 radical (unpaired) electrons. The van der Waals surface area contributed by atoms with Gasteiger partial charge in [-0.2, -0.15) is 13.2 Å². The molecule has 7 heteroatoms. The van der Waals surface area contributed by atoms with E-state index in [1.165, 1.54) is 12.1 Å². The van der Waals surface area contributed by atoms with Crippen molar-refractivity contribution >= 4 is 17.0 Å². The Morgan fingerprint density at radius 1 is 1.04 bits per heavy atom. The van der Waals surface area contributed by atoms with Crippen molar-refractivity contribution in [2.24, 2.45) is 0 Å². The second-order valence-corrected chi connectivity index (χ2v) is 6.66. The number of aromatic nitrogens is 1. The van der Waals surface area contributed by atoms with Crippen molar-refractivity contribution in [1.29, 1.82) is 0 Å². The number of carbonyl (C=O) groups excluding carboxylic acids is 1. The number of para-hydroxylation sites is 2. The molecule has 4 nitrogen and oxygen atoms in total. The second-order valence-electron chi connectivity index (χ2n) is 6.66. The van der Waals surface area contributed by atoms with Gasteiger partial charge >= 0.3 is 6.18 Å². The van der Waals surface area contributed by atoms with Crippen LogP contribution in [0.1, 0.15) is 40.6 Å². The molecule has 4 rings (SSSR count). The molecule has 0 unspecified atom stereocenters. The van der Waals surface area contributed by atoms with Crippen molar-refractivity contribution in [2.45, 2.75) is 24.9 Å². The largest absolute Gasteiger partial charge is 0.440 e. The number of alkyl halides is 3. The van der Waals surface area contributed by atoms with Crippen LogP contribution in [0, 0.1) is 0 Å². The van der Waals surface area contributed by atoms with Gasteiger partial charge < -0.3 is 9.32 Å². The van der Waals surface area contributed by atoms with Crippen LogP contribution in [0.5, 0.6) is 0 Å². The quantitative estimate of drug-likeness (QED) is 0.643. The molecule has 1 fully saturated rings. The second kappa shape index (κ2) is 6.72. The average molecular weight is 374 g/mol. The van der Waals surface area contributed by atoms with E-state index in [9.17, 15) is 18.0 Å². The van der Waals surface area contributed by atoms with E-state index in [-0.39, 0.29) is 17.4 Å². The lowest BCUT2D eigenvalue weighted by Crippen LogP contribution is -2.38. The first-order valence-electron chi connectivity index (χ1n) is 8.74. The first-order chi connectivity index (χ1) is 12.9. The molecule has 0 atom stereocenters. The molecule has 1 amide bonds. The van der Waals surface area contributed by atoms with Crippen molar-refractivity contribution in [3.63, 3.8) is 0 Å². The van der Waals surface area contributed by atoms with E-state index < -0.39 is 11.7 Å². The number of rotatable bonds is 2. The Bertz CT molecular complexity index is 922. The zero-order valence-electron chi connectivity index (χ0n) is 14.4. The number of piperidine rings is 1. The summed E-state index contributed by atoms with van der Waals surface area (Å²) in [6.07, 6.45) is -2.99. The van der Waals surface area contributed by atoms with Crippen LogP contribution >= 0.6 is 0 Å². The van der Waals surface area contributed by atoms with Gasteiger partial charge in [0, 0.05) is 24.6 Å². The predicted molar refractivity (Wildman–Crippen MR) is 93.3 cm³/mol. The van der Waals surface area contributed by atoms with Gasteiger partial charge in [-0.1, -0.05) is 12.1 Å². The van der Waals surface area contributed by atoms with Gasteiger partial charge in [-0.05, 0) is 49.2 Å². The Kier molecular flexibility index (Phi) is 4.37. The molecule has 27 heavy (non-hydrogen) atoms. The highest BCUT2D eigenvalue weighted by Gasteiger charge is 2.31. The lowest BCUT2D eigenvalue weighted by molar-refractivity contribution is -0.137. The summed E-state index contributed by atoms with van der Waals surface area (Å²) in [6.45, 7) is 1.03. The summed E-state index contributed by atoms with van der Waals surface area (Å²) in [5.74, 6) is 0.562. The van der Waals surface area contributed by atoms with E-state index in [4.69, 9.17) is 4.42 Å². The van der Waals surface area contributed by atoms with Crippen LogP contribution in [0.15, 0.2) is 52.9 Å². The summed E-state index contributed by atoms with van der Waals surface area (Å²) in [7, 11) is 0. The van der Waals surface area contributed by atoms with Gasteiger partial charge in [0.05, 0.1) is 5.56 Å². The molecular weight excluding hydrogens is 357 g/mol. The lowest BCUT2D eigenvalue weighted by Gasteiger charge is -2.30. The summed E-state index contributed by atoms with van der Waals surface area (Å²) >= 11 is 0. The molecule has 1 aromatic heterocycles. The van der Waals surface area contributed by atoms with Crippen LogP contribution in [0.4, 0.5) is 13.2 Å². The molecule has 1 saturated heterocycles. The maximum absolute atomic E-state index is 12.6. The third-order valence-electron chi connectivity index (χ3n) is 4.90. The first-order valence-corrected chi connectivity index (χ1v) is 8.74. The molecule has 3 aromatic rings. The minimum atomic E-state index is -4.40. The third-order valence-corrected chi connectivity index (χ3v) is 4.90. The maximum Gasteiger partial charge on any atom is 0.416 e. The number of oxazole rings is 1. The Labute approximate surface area is 153 Å². The summed E-state index contributed by atoms with van der Waals surface area (Å²) < 4.78 is 43.8. The van der Waals surface area contributed by atoms with Crippen molar-refractivity contribution in [1.82, 2.24) is 9.88 Å². The third kappa shape index (κ3) is 3.54. The molecule has 0 bridgehead atoms. The fraction of sp³-hybridized carbons (Fsp3) is 0.300. The van der Waals surface area contributed by atoms with E-state index in [0.29, 0.717) is 31.8 Å². The molecule has 1 aliphatic heterocycles. The van der Waals surface area contributed by atoms with Crippen molar-refractivity contribution < 1.29 is 22.4 Å². The minimum Gasteiger partial charge on any atom is -0.440 e. The predicted octanol–water partition coefficient (Wildman–Crippen LogP) is 4.87. The number of halogens is 3. The summed E-state index contributed by atoms with van der Waals surface area (Å²) in [4.78, 5) is 18.7. The topological polar surface area (TPSA) is 46.3 Å². The molecule has 0 aliphatic carbocycles. The number of amides is 1. The Morgan fingerprint density at radius 3 is 2.33 bits per heavy atom. The SMILES string of the molecule is O=C(c1ccc(C(F)(F)F)cc1)N1CCC(c2nc3ccccc3o2)CC1. The van der Waals surface area contributed by atoms with Crippen LogP contribution in [0.2, 0.25) is 0 Å².